The van der Waals surface area contributed by atoms with E-state index in [1.807, 2.05) is 6.07 Å². The molecule has 2 aromatic carbocycles. The summed E-state index contributed by atoms with van der Waals surface area (Å²) in [5.74, 6) is 6.02. The van der Waals surface area contributed by atoms with Gasteiger partial charge < -0.3 is 50.1 Å². The lowest BCUT2D eigenvalue weighted by Crippen LogP contribution is -2.36. The Bertz CT molecular complexity index is 1550. The van der Waals surface area contributed by atoms with Crippen LogP contribution in [0.5, 0.6) is 5.75 Å². The lowest BCUT2D eigenvalue weighted by Gasteiger charge is -2.30. The minimum absolute atomic E-state index is 0.137. The van der Waals surface area contributed by atoms with Gasteiger partial charge in [0.2, 0.25) is 0 Å². The normalized spacial score (nSPS) is 14.0. The van der Waals surface area contributed by atoms with Crippen LogP contribution >= 0.6 is 0 Å². The Morgan fingerprint density at radius 3 is 2.39 bits per heavy atom. The number of fused-ring (bicyclic) bond motifs is 1. The van der Waals surface area contributed by atoms with Crippen LogP contribution < -0.4 is 26.4 Å². The van der Waals surface area contributed by atoms with Crippen molar-refractivity contribution < 1.29 is 36.9 Å². The molecule has 1 aliphatic heterocycles. The molecule has 268 valence electrons. The van der Waals surface area contributed by atoms with Crippen LogP contribution in [-0.4, -0.2) is 114 Å². The molecule has 1 aromatic heterocycles. The van der Waals surface area contributed by atoms with Gasteiger partial charge in [0.05, 0.1) is 70.2 Å². The van der Waals surface area contributed by atoms with Gasteiger partial charge in [-0.05, 0) is 75.3 Å². The van der Waals surface area contributed by atoms with Crippen LogP contribution in [0.25, 0.3) is 10.9 Å². The van der Waals surface area contributed by atoms with E-state index in [1.165, 1.54) is 11.7 Å². The molecule has 11 nitrogen and oxygen atoms in total. The van der Waals surface area contributed by atoms with Gasteiger partial charge in [-0.1, -0.05) is 12.0 Å². The van der Waals surface area contributed by atoms with Gasteiger partial charge in [0.25, 0.3) is 5.91 Å². The number of aromatic nitrogens is 1. The highest BCUT2D eigenvalue weighted by atomic mass is 19.4. The first-order valence-electron chi connectivity index (χ1n) is 16.4. The van der Waals surface area contributed by atoms with E-state index >= 15 is 0 Å². The number of benzene rings is 2. The number of hydrogen-bond donors (Lipinski definition) is 4. The van der Waals surface area contributed by atoms with Crippen molar-refractivity contribution in [1.29, 1.82) is 0 Å². The number of nitrogens with two attached hydrogens (primary N) is 1. The number of carbonyl (C=O) groups excluding carboxylic acids is 1. The largest absolute Gasteiger partial charge is 0.495 e. The SMILES string of the molecule is COc1cc(C(=O)NCCOCCOCCOCCN)ccc1NCC#Cc1cc2c(NC3CCN(C)CC3)cccc2n1CC(F)(F)F. The number of carbonyl (C=O) groups is 1. The Labute approximate surface area is 285 Å². The Kier molecular flexibility index (Phi) is 14.9. The Hall–Kier alpha value is -4.00. The van der Waals surface area contributed by atoms with Crippen molar-refractivity contribution in [2.24, 2.45) is 5.73 Å². The number of alkyl halides is 3. The summed E-state index contributed by atoms with van der Waals surface area (Å²) in [6, 6.07) is 12.3. The van der Waals surface area contributed by atoms with Crippen molar-refractivity contribution in [3.63, 3.8) is 0 Å². The standard InChI is InChI=1S/C35H47F3N6O5/c1-43-15-10-27(11-16-43)42-30-6-3-7-32-29(30)24-28(44(32)25-35(36,37)38)5-4-13-40-31-9-8-26(23-33(31)46-2)34(45)41-14-18-48-20-22-49-21-19-47-17-12-39/h3,6-9,23-24,27,40,42H,10-22,25,39H2,1-2H3,(H,41,45). The zero-order valence-electron chi connectivity index (χ0n) is 28.2. The summed E-state index contributed by atoms with van der Waals surface area (Å²) in [5, 5.41) is 10.2. The van der Waals surface area contributed by atoms with Crippen LogP contribution in [0, 0.1) is 11.8 Å². The van der Waals surface area contributed by atoms with E-state index in [4.69, 9.17) is 24.7 Å². The molecule has 0 atom stereocenters. The molecule has 3 aromatic rings. The number of amides is 1. The molecule has 0 radical (unpaired) electrons. The topological polar surface area (TPSA) is 124 Å². The van der Waals surface area contributed by atoms with Crippen LogP contribution in [0.1, 0.15) is 28.9 Å². The number of nitrogens with one attached hydrogen (secondary N) is 3. The van der Waals surface area contributed by atoms with E-state index < -0.39 is 12.7 Å². The highest BCUT2D eigenvalue weighted by molar-refractivity contribution is 5.95. The number of piperidine rings is 1. The smallest absolute Gasteiger partial charge is 0.406 e. The maximum absolute atomic E-state index is 13.6. The van der Waals surface area contributed by atoms with Crippen LogP contribution in [-0.2, 0) is 20.8 Å². The maximum atomic E-state index is 13.6. The summed E-state index contributed by atoms with van der Waals surface area (Å²) >= 11 is 0. The van der Waals surface area contributed by atoms with Crippen LogP contribution in [0.3, 0.4) is 0 Å². The van der Waals surface area contributed by atoms with Crippen molar-refractivity contribution >= 4 is 28.2 Å². The molecule has 1 aliphatic rings. The molecule has 49 heavy (non-hydrogen) atoms. The molecular formula is C35H47F3N6O5. The van der Waals surface area contributed by atoms with Crippen LogP contribution in [0.4, 0.5) is 24.5 Å². The fraction of sp³-hybridized carbons (Fsp3) is 0.514. The van der Waals surface area contributed by atoms with Gasteiger partial charge >= 0.3 is 6.18 Å². The molecule has 0 aliphatic carbocycles. The predicted molar refractivity (Wildman–Crippen MR) is 184 cm³/mol. The fourth-order valence-electron chi connectivity index (χ4n) is 5.45. The van der Waals surface area contributed by atoms with Crippen LogP contribution in [0.2, 0.25) is 0 Å². The van der Waals surface area contributed by atoms with E-state index in [0.717, 1.165) is 31.6 Å². The summed E-state index contributed by atoms with van der Waals surface area (Å²) in [5.41, 5.74) is 7.89. The van der Waals surface area contributed by atoms with Crippen molar-refractivity contribution in [1.82, 2.24) is 14.8 Å². The van der Waals surface area contributed by atoms with Gasteiger partial charge in [-0.25, -0.2) is 0 Å². The van der Waals surface area contributed by atoms with E-state index in [9.17, 15) is 18.0 Å². The number of anilines is 2. The number of ether oxygens (including phenoxy) is 4. The molecule has 4 rings (SSSR count). The third-order valence-electron chi connectivity index (χ3n) is 7.95. The minimum atomic E-state index is -4.41. The summed E-state index contributed by atoms with van der Waals surface area (Å²) in [6.45, 7) is 4.30. The van der Waals surface area contributed by atoms with E-state index in [-0.39, 0.29) is 24.2 Å². The predicted octanol–water partition coefficient (Wildman–Crippen LogP) is 3.92. The Morgan fingerprint density at radius 2 is 1.69 bits per heavy atom. The van der Waals surface area contributed by atoms with E-state index in [2.05, 4.69) is 39.7 Å². The Balaban J connectivity index is 1.32. The third-order valence-corrected chi connectivity index (χ3v) is 7.95. The van der Waals surface area contributed by atoms with Gasteiger partial charge in [-0.15, -0.1) is 0 Å². The zero-order valence-corrected chi connectivity index (χ0v) is 28.2. The van der Waals surface area contributed by atoms with E-state index in [0.29, 0.717) is 80.6 Å². The van der Waals surface area contributed by atoms with Gasteiger partial charge in [0.15, 0.2) is 0 Å². The summed E-state index contributed by atoms with van der Waals surface area (Å²) < 4.78 is 63.7. The average molecular weight is 689 g/mol. The van der Waals surface area contributed by atoms with E-state index in [1.54, 1.807) is 36.4 Å². The monoisotopic (exact) mass is 688 g/mol. The molecule has 1 saturated heterocycles. The second kappa shape index (κ2) is 19.3. The van der Waals surface area contributed by atoms with Crippen molar-refractivity contribution in [3.8, 4) is 17.6 Å². The maximum Gasteiger partial charge on any atom is 0.406 e. The molecule has 5 N–H and O–H groups in total. The second-order valence-electron chi connectivity index (χ2n) is 11.6. The van der Waals surface area contributed by atoms with Gasteiger partial charge in [-0.2, -0.15) is 13.2 Å². The zero-order chi connectivity index (χ0) is 35.1. The number of nitrogens with zero attached hydrogens (tertiary/aromatic N) is 2. The number of halogens is 3. The highest BCUT2D eigenvalue weighted by Crippen LogP contribution is 2.31. The first kappa shape index (κ1) is 37.8. The highest BCUT2D eigenvalue weighted by Gasteiger charge is 2.30. The molecule has 0 spiro atoms. The fourth-order valence-corrected chi connectivity index (χ4v) is 5.45. The van der Waals surface area contributed by atoms with Crippen molar-refractivity contribution in [2.75, 3.05) is 97.2 Å². The molecule has 2 heterocycles. The number of rotatable bonds is 18. The molecule has 0 unspecified atom stereocenters. The lowest BCUT2D eigenvalue weighted by molar-refractivity contribution is -0.140. The lowest BCUT2D eigenvalue weighted by atomic mass is 10.0. The first-order chi connectivity index (χ1) is 23.7. The van der Waals surface area contributed by atoms with Crippen molar-refractivity contribution in [2.45, 2.75) is 31.6 Å². The molecule has 1 amide bonds. The average Bonchev–Trinajstić information content (AvgIpc) is 3.42. The summed E-state index contributed by atoms with van der Waals surface area (Å²) in [7, 11) is 3.57. The number of likely N-dealkylation sites (tertiary alicyclic amines) is 1. The van der Waals surface area contributed by atoms with Crippen molar-refractivity contribution in [3.05, 3.63) is 53.7 Å². The van der Waals surface area contributed by atoms with Gasteiger partial charge in [-0.3, -0.25) is 4.79 Å². The molecular weight excluding hydrogens is 641 g/mol. The molecule has 14 heteroatoms. The number of methoxy groups -OCH3 is 1. The van der Waals surface area contributed by atoms with Crippen LogP contribution in [0.15, 0.2) is 42.5 Å². The number of hydrogen-bond acceptors (Lipinski definition) is 9. The summed E-state index contributed by atoms with van der Waals surface area (Å²) in [4.78, 5) is 14.9. The minimum Gasteiger partial charge on any atom is -0.495 e. The second-order valence-corrected chi connectivity index (χ2v) is 11.6. The Morgan fingerprint density at radius 1 is 0.980 bits per heavy atom. The van der Waals surface area contributed by atoms with Gasteiger partial charge in [0, 0.05) is 35.8 Å². The molecule has 1 fully saturated rings. The van der Waals surface area contributed by atoms with Gasteiger partial charge in [0.1, 0.15) is 12.3 Å². The third kappa shape index (κ3) is 12.1. The summed E-state index contributed by atoms with van der Waals surface area (Å²) in [6.07, 6.45) is -2.49. The quantitative estimate of drug-likeness (QED) is 0.116. The first-order valence-corrected chi connectivity index (χ1v) is 16.4. The molecule has 0 saturated carbocycles. The molecule has 0 bridgehead atoms.